The van der Waals surface area contributed by atoms with Crippen LogP contribution in [0, 0.1) is 5.41 Å². The van der Waals surface area contributed by atoms with Crippen LogP contribution in [-0.4, -0.2) is 53.2 Å². The van der Waals surface area contributed by atoms with Crippen LogP contribution in [0.15, 0.2) is 0 Å². The zero-order chi connectivity index (χ0) is 16.0. The van der Waals surface area contributed by atoms with Crippen LogP contribution < -0.4 is 10.0 Å². The predicted molar refractivity (Wildman–Crippen MR) is 77.0 cm³/mol. The molecule has 1 unspecified atom stereocenters. The first-order valence-electron chi connectivity index (χ1n) is 6.40. The van der Waals surface area contributed by atoms with Crippen LogP contribution in [0.4, 0.5) is 4.79 Å². The van der Waals surface area contributed by atoms with Gasteiger partial charge in [0, 0.05) is 18.5 Å². The lowest BCUT2D eigenvalue weighted by Crippen LogP contribution is -2.48. The molecule has 0 aliphatic heterocycles. The van der Waals surface area contributed by atoms with E-state index in [9.17, 15) is 13.2 Å². The highest BCUT2D eigenvalue weighted by Crippen LogP contribution is 2.23. The summed E-state index contributed by atoms with van der Waals surface area (Å²) in [6, 6.07) is 0. The molecule has 0 aliphatic rings. The van der Waals surface area contributed by atoms with E-state index in [4.69, 9.17) is 4.74 Å². The molecule has 0 aromatic heterocycles. The number of hydrogen-bond acceptors (Lipinski definition) is 5. The monoisotopic (exact) mass is 310 g/mol. The van der Waals surface area contributed by atoms with Gasteiger partial charge in [0.1, 0.15) is 0 Å². The molecule has 0 rings (SSSR count). The van der Waals surface area contributed by atoms with Gasteiger partial charge in [-0.25, -0.2) is 17.9 Å². The van der Waals surface area contributed by atoms with Crippen molar-refractivity contribution in [3.63, 3.8) is 0 Å². The third-order valence-electron chi connectivity index (χ3n) is 2.71. The molecule has 8 heteroatoms. The number of alkyl carbamates (subject to hydrolysis) is 1. The molecule has 20 heavy (non-hydrogen) atoms. The van der Waals surface area contributed by atoms with Crippen molar-refractivity contribution in [3.8, 4) is 0 Å². The zero-order valence-electron chi connectivity index (χ0n) is 13.0. The van der Waals surface area contributed by atoms with Crippen molar-refractivity contribution in [2.45, 2.75) is 39.9 Å². The van der Waals surface area contributed by atoms with Crippen LogP contribution in [0.5, 0.6) is 0 Å². The van der Waals surface area contributed by atoms with E-state index in [1.165, 1.54) is 7.11 Å². The van der Waals surface area contributed by atoms with Gasteiger partial charge in [-0.05, 0) is 13.8 Å². The van der Waals surface area contributed by atoms with Gasteiger partial charge >= 0.3 is 6.09 Å². The second kappa shape index (κ2) is 7.80. The minimum Gasteiger partial charge on any atom is -0.453 e. The van der Waals surface area contributed by atoms with Crippen molar-refractivity contribution in [1.82, 2.24) is 10.0 Å². The first kappa shape index (κ1) is 19.1. The van der Waals surface area contributed by atoms with E-state index in [1.807, 2.05) is 27.7 Å². The van der Waals surface area contributed by atoms with E-state index in [2.05, 4.69) is 14.8 Å². The van der Waals surface area contributed by atoms with Gasteiger partial charge in [0.15, 0.2) is 0 Å². The lowest BCUT2D eigenvalue weighted by Gasteiger charge is -2.35. The molecule has 0 aromatic rings. The summed E-state index contributed by atoms with van der Waals surface area (Å²) in [5.74, 6) is 0. The van der Waals surface area contributed by atoms with Crippen molar-refractivity contribution in [1.29, 1.82) is 0 Å². The van der Waals surface area contributed by atoms with Crippen LogP contribution in [0.1, 0.15) is 27.7 Å². The SMILES string of the molecule is COC(=O)NCC(C)(C)C(CNS(C)(=O)=O)OC(C)C. The fourth-order valence-corrected chi connectivity index (χ4v) is 2.00. The largest absolute Gasteiger partial charge is 0.453 e. The number of carbonyl (C=O) groups excluding carboxylic acids is 1. The van der Waals surface area contributed by atoms with Gasteiger partial charge in [-0.2, -0.15) is 0 Å². The number of nitrogens with one attached hydrogen (secondary N) is 2. The Hall–Kier alpha value is -0.860. The molecular formula is C12H26N2O5S. The summed E-state index contributed by atoms with van der Waals surface area (Å²) in [5, 5.41) is 2.61. The number of methoxy groups -OCH3 is 1. The minimum absolute atomic E-state index is 0.0567. The Labute approximate surface area is 121 Å². The lowest BCUT2D eigenvalue weighted by molar-refractivity contribution is -0.0530. The Morgan fingerprint density at radius 2 is 1.85 bits per heavy atom. The molecule has 0 fully saturated rings. The Kier molecular flexibility index (Phi) is 7.46. The summed E-state index contributed by atoms with van der Waals surface area (Å²) in [5.41, 5.74) is -0.462. The first-order valence-corrected chi connectivity index (χ1v) is 8.29. The Balaban J connectivity index is 4.75. The molecular weight excluding hydrogens is 284 g/mol. The van der Waals surface area contributed by atoms with E-state index in [0.717, 1.165) is 6.26 Å². The molecule has 0 radical (unpaired) electrons. The molecule has 0 saturated heterocycles. The molecule has 0 aromatic carbocycles. The maximum absolute atomic E-state index is 11.2. The van der Waals surface area contributed by atoms with Crippen molar-refractivity contribution in [2.75, 3.05) is 26.5 Å². The summed E-state index contributed by atoms with van der Waals surface area (Å²) in [6.45, 7) is 7.98. The van der Waals surface area contributed by atoms with E-state index < -0.39 is 21.5 Å². The molecule has 0 saturated carbocycles. The fraction of sp³-hybridized carbons (Fsp3) is 0.917. The number of carbonyl (C=O) groups is 1. The number of rotatable bonds is 8. The Morgan fingerprint density at radius 3 is 2.25 bits per heavy atom. The average molecular weight is 310 g/mol. The molecule has 1 amide bonds. The maximum Gasteiger partial charge on any atom is 0.406 e. The van der Waals surface area contributed by atoms with Crippen LogP contribution >= 0.6 is 0 Å². The van der Waals surface area contributed by atoms with Crippen molar-refractivity contribution >= 4 is 16.1 Å². The predicted octanol–water partition coefficient (Wildman–Crippen LogP) is 0.711. The summed E-state index contributed by atoms with van der Waals surface area (Å²) in [6.07, 6.45) is 0.129. The summed E-state index contributed by atoms with van der Waals surface area (Å²) in [4.78, 5) is 11.1. The van der Waals surface area contributed by atoms with Gasteiger partial charge in [0.25, 0.3) is 0 Å². The summed E-state index contributed by atoms with van der Waals surface area (Å²) in [7, 11) is -2.01. The van der Waals surface area contributed by atoms with Gasteiger partial charge in [0.05, 0.1) is 25.6 Å². The fourth-order valence-electron chi connectivity index (χ4n) is 1.55. The minimum atomic E-state index is -3.29. The topological polar surface area (TPSA) is 93.7 Å². The molecule has 0 heterocycles. The molecule has 0 spiro atoms. The van der Waals surface area contributed by atoms with Crippen LogP contribution in [-0.2, 0) is 19.5 Å². The number of hydrogen-bond donors (Lipinski definition) is 2. The molecule has 0 aliphatic carbocycles. The zero-order valence-corrected chi connectivity index (χ0v) is 13.8. The highest BCUT2D eigenvalue weighted by molar-refractivity contribution is 7.88. The maximum atomic E-state index is 11.2. The van der Waals surface area contributed by atoms with E-state index >= 15 is 0 Å². The van der Waals surface area contributed by atoms with Crippen LogP contribution in [0.2, 0.25) is 0 Å². The van der Waals surface area contributed by atoms with Gasteiger partial charge in [0.2, 0.25) is 10.0 Å². The molecule has 120 valence electrons. The van der Waals surface area contributed by atoms with Crippen LogP contribution in [0.3, 0.4) is 0 Å². The van der Waals surface area contributed by atoms with Crippen molar-refractivity contribution in [2.24, 2.45) is 5.41 Å². The third-order valence-corrected chi connectivity index (χ3v) is 3.40. The van der Waals surface area contributed by atoms with E-state index in [1.54, 1.807) is 0 Å². The van der Waals surface area contributed by atoms with Crippen molar-refractivity contribution < 1.29 is 22.7 Å². The molecule has 1 atom stereocenters. The summed E-state index contributed by atoms with van der Waals surface area (Å²) >= 11 is 0. The standard InChI is InChI=1S/C12H26N2O5S/c1-9(2)19-10(7-14-20(6,16)17)12(3,4)8-13-11(15)18-5/h9-10,14H,7-8H2,1-6H3,(H,13,15). The quantitative estimate of drug-likeness (QED) is 0.688. The third kappa shape index (κ3) is 8.34. The first-order chi connectivity index (χ1) is 8.98. The summed E-state index contributed by atoms with van der Waals surface area (Å²) < 4.78 is 35.1. The smallest absolute Gasteiger partial charge is 0.406 e. The number of ether oxygens (including phenoxy) is 2. The van der Waals surface area contributed by atoms with E-state index in [-0.39, 0.29) is 18.8 Å². The normalized spacial score (nSPS) is 14.2. The van der Waals surface area contributed by atoms with Crippen LogP contribution in [0.25, 0.3) is 0 Å². The highest BCUT2D eigenvalue weighted by atomic mass is 32.2. The highest BCUT2D eigenvalue weighted by Gasteiger charge is 2.32. The lowest BCUT2D eigenvalue weighted by atomic mass is 9.86. The van der Waals surface area contributed by atoms with E-state index in [0.29, 0.717) is 6.54 Å². The number of sulfonamides is 1. The van der Waals surface area contributed by atoms with Gasteiger partial charge in [-0.15, -0.1) is 0 Å². The molecule has 2 N–H and O–H groups in total. The Morgan fingerprint density at radius 1 is 1.30 bits per heavy atom. The van der Waals surface area contributed by atoms with Crippen molar-refractivity contribution in [3.05, 3.63) is 0 Å². The molecule has 0 bridgehead atoms. The number of amides is 1. The second-order valence-electron chi connectivity index (χ2n) is 5.63. The molecule has 7 nitrogen and oxygen atoms in total. The van der Waals surface area contributed by atoms with Gasteiger partial charge in [-0.3, -0.25) is 0 Å². The van der Waals surface area contributed by atoms with Gasteiger partial charge < -0.3 is 14.8 Å². The Bertz CT molecular complexity index is 406. The van der Waals surface area contributed by atoms with Gasteiger partial charge in [-0.1, -0.05) is 13.8 Å². The second-order valence-corrected chi connectivity index (χ2v) is 7.46. The average Bonchev–Trinajstić information content (AvgIpc) is 2.29.